The number of hydrogen-bond acceptors (Lipinski definition) is 8. The van der Waals surface area contributed by atoms with Crippen molar-refractivity contribution in [1.29, 1.82) is 0 Å². The molecule has 0 radical (unpaired) electrons. The van der Waals surface area contributed by atoms with Gasteiger partial charge in [-0.2, -0.15) is 0 Å². The Balaban J connectivity index is 1.73. The summed E-state index contributed by atoms with van der Waals surface area (Å²) in [7, 11) is 1.32. The van der Waals surface area contributed by atoms with Crippen LogP contribution in [0.25, 0.3) is 0 Å². The maximum absolute atomic E-state index is 12.8. The third kappa shape index (κ3) is 3.84. The van der Waals surface area contributed by atoms with E-state index in [4.69, 9.17) is 19.9 Å². The summed E-state index contributed by atoms with van der Waals surface area (Å²) >= 11 is 1.60. The van der Waals surface area contributed by atoms with Gasteiger partial charge in [0.1, 0.15) is 11.3 Å². The number of Topliss-reactive ketones (excluding diaryl/α,β-unsaturated/α-hetero) is 1. The number of aryl methyl sites for hydroxylation is 1. The van der Waals surface area contributed by atoms with Crippen LogP contribution in [-0.4, -0.2) is 50.1 Å². The molecule has 156 valence electrons. The normalized spacial score (nSPS) is 23.1. The number of rotatable bonds is 4. The van der Waals surface area contributed by atoms with Gasteiger partial charge in [-0.25, -0.2) is 4.79 Å². The molecule has 1 atom stereocenters. The molecule has 2 aliphatic heterocycles. The smallest absolute Gasteiger partial charge is 0.340 e. The van der Waals surface area contributed by atoms with Crippen LogP contribution in [0.3, 0.4) is 0 Å². The molecular weight excluding hydrogens is 392 g/mol. The summed E-state index contributed by atoms with van der Waals surface area (Å²) in [5.74, 6) is -0.432. The molecule has 1 aliphatic carbocycles. The van der Waals surface area contributed by atoms with E-state index in [2.05, 4.69) is 17.9 Å². The number of carbonyl (C=O) groups excluding carboxylic acids is 2. The Bertz CT molecular complexity index is 895. The van der Waals surface area contributed by atoms with E-state index in [0.717, 1.165) is 44.1 Å². The number of ketones is 1. The van der Waals surface area contributed by atoms with Crippen LogP contribution in [-0.2, 0) is 30.3 Å². The van der Waals surface area contributed by atoms with Crippen molar-refractivity contribution in [2.45, 2.75) is 38.6 Å². The SMILES string of the molecule is COC(=O)C1=C(N)OC2=C(C(=O)CCC2)[C@H]1c1cc(CN2CCOCC2)c(C)s1. The summed E-state index contributed by atoms with van der Waals surface area (Å²) in [6.07, 6.45) is 1.84. The van der Waals surface area contributed by atoms with Gasteiger partial charge in [-0.15, -0.1) is 11.3 Å². The van der Waals surface area contributed by atoms with Gasteiger partial charge in [-0.3, -0.25) is 9.69 Å². The highest BCUT2D eigenvalue weighted by Gasteiger charge is 2.42. The molecule has 0 aromatic carbocycles. The first-order valence-corrected chi connectivity index (χ1v) is 10.7. The van der Waals surface area contributed by atoms with Gasteiger partial charge >= 0.3 is 5.97 Å². The van der Waals surface area contributed by atoms with E-state index < -0.39 is 11.9 Å². The Labute approximate surface area is 174 Å². The van der Waals surface area contributed by atoms with Crippen molar-refractivity contribution in [3.8, 4) is 0 Å². The molecule has 0 bridgehead atoms. The summed E-state index contributed by atoms with van der Waals surface area (Å²) in [5, 5.41) is 0. The average molecular weight is 419 g/mol. The largest absolute Gasteiger partial charge is 0.465 e. The summed E-state index contributed by atoms with van der Waals surface area (Å²) in [5.41, 5.74) is 8.11. The van der Waals surface area contributed by atoms with E-state index in [1.165, 1.54) is 17.6 Å². The van der Waals surface area contributed by atoms with E-state index >= 15 is 0 Å². The molecule has 1 aromatic heterocycles. The standard InChI is InChI=1S/C21H26N2O5S/c1-12-13(11-23-6-8-27-9-7-23)10-16(29-12)18-17-14(24)4-3-5-15(17)28-20(22)19(18)21(25)26-2/h10,18H,3-9,11,22H2,1-2H3/t18-/m1/s1. The zero-order chi connectivity index (χ0) is 20.5. The second kappa shape index (κ2) is 8.30. The number of carbonyl (C=O) groups is 2. The van der Waals surface area contributed by atoms with Crippen LogP contribution in [0.15, 0.2) is 28.9 Å². The molecule has 3 heterocycles. The van der Waals surface area contributed by atoms with Crippen molar-refractivity contribution < 1.29 is 23.8 Å². The number of morpholine rings is 1. The van der Waals surface area contributed by atoms with Gasteiger partial charge in [0.25, 0.3) is 0 Å². The van der Waals surface area contributed by atoms with Crippen LogP contribution in [0.1, 0.15) is 40.5 Å². The first-order chi connectivity index (χ1) is 14.0. The van der Waals surface area contributed by atoms with Crippen LogP contribution >= 0.6 is 11.3 Å². The predicted molar refractivity (Wildman–Crippen MR) is 108 cm³/mol. The zero-order valence-corrected chi connectivity index (χ0v) is 17.6. The van der Waals surface area contributed by atoms with Crippen LogP contribution in [0.4, 0.5) is 0 Å². The predicted octanol–water partition coefficient (Wildman–Crippen LogP) is 2.35. The Morgan fingerprint density at radius 3 is 2.83 bits per heavy atom. The number of hydrogen-bond donors (Lipinski definition) is 1. The quantitative estimate of drug-likeness (QED) is 0.751. The molecular formula is C21H26N2O5S. The minimum Gasteiger partial charge on any atom is -0.465 e. The maximum atomic E-state index is 12.8. The molecule has 8 heteroatoms. The highest BCUT2D eigenvalue weighted by Crippen LogP contribution is 2.46. The molecule has 0 amide bonds. The maximum Gasteiger partial charge on any atom is 0.340 e. The van der Waals surface area contributed by atoms with Gasteiger partial charge in [0.2, 0.25) is 5.88 Å². The summed E-state index contributed by atoms with van der Waals surface area (Å²) in [6, 6.07) is 2.11. The average Bonchev–Trinajstić information content (AvgIpc) is 3.07. The fraction of sp³-hybridized carbons (Fsp3) is 0.524. The highest BCUT2D eigenvalue weighted by molar-refractivity contribution is 7.12. The monoisotopic (exact) mass is 418 g/mol. The Hall–Kier alpha value is -2.16. The van der Waals surface area contributed by atoms with Gasteiger partial charge < -0.3 is 19.9 Å². The third-order valence-corrected chi connectivity index (χ3v) is 6.87. The Morgan fingerprint density at radius 2 is 2.10 bits per heavy atom. The molecule has 29 heavy (non-hydrogen) atoms. The van der Waals surface area contributed by atoms with Crippen LogP contribution in [0.5, 0.6) is 0 Å². The number of allylic oxidation sites excluding steroid dienone is 2. The van der Waals surface area contributed by atoms with Crippen LogP contribution in [0, 0.1) is 6.92 Å². The Kier molecular flexibility index (Phi) is 5.76. The van der Waals surface area contributed by atoms with Crippen molar-refractivity contribution in [2.24, 2.45) is 5.73 Å². The lowest BCUT2D eigenvalue weighted by molar-refractivity contribution is -0.136. The molecule has 1 fully saturated rings. The van der Waals surface area contributed by atoms with Crippen LogP contribution < -0.4 is 5.73 Å². The first-order valence-electron chi connectivity index (χ1n) is 9.91. The molecule has 7 nitrogen and oxygen atoms in total. The number of nitrogens with two attached hydrogens (primary N) is 1. The Morgan fingerprint density at radius 1 is 1.34 bits per heavy atom. The fourth-order valence-corrected chi connectivity index (χ4v) is 5.36. The lowest BCUT2D eigenvalue weighted by Crippen LogP contribution is -2.35. The number of thiophene rings is 1. The van der Waals surface area contributed by atoms with E-state index in [1.807, 2.05) is 0 Å². The molecule has 0 unspecified atom stereocenters. The number of methoxy groups -OCH3 is 1. The van der Waals surface area contributed by atoms with E-state index in [0.29, 0.717) is 24.2 Å². The van der Waals surface area contributed by atoms with Crippen molar-refractivity contribution >= 4 is 23.1 Å². The second-order valence-corrected chi connectivity index (χ2v) is 8.82. The second-order valence-electron chi connectivity index (χ2n) is 7.54. The fourth-order valence-electron chi connectivity index (χ4n) is 4.19. The van der Waals surface area contributed by atoms with Crippen LogP contribution in [0.2, 0.25) is 0 Å². The number of nitrogens with zero attached hydrogens (tertiary/aromatic N) is 1. The van der Waals surface area contributed by atoms with Gasteiger partial charge in [0.05, 0.1) is 26.2 Å². The molecule has 2 N–H and O–H groups in total. The van der Waals surface area contributed by atoms with Crippen molar-refractivity contribution in [3.63, 3.8) is 0 Å². The van der Waals surface area contributed by atoms with Gasteiger partial charge in [-0.05, 0) is 25.0 Å². The van der Waals surface area contributed by atoms with Gasteiger partial charge in [0, 0.05) is 47.8 Å². The molecule has 1 saturated heterocycles. The lowest BCUT2D eigenvalue weighted by atomic mass is 9.80. The third-order valence-electron chi connectivity index (χ3n) is 5.71. The molecule has 0 spiro atoms. The van der Waals surface area contributed by atoms with Crippen molar-refractivity contribution in [2.75, 3.05) is 33.4 Å². The minimum absolute atomic E-state index is 0.0194. The number of esters is 1. The summed E-state index contributed by atoms with van der Waals surface area (Å²) in [4.78, 5) is 29.8. The lowest BCUT2D eigenvalue weighted by Gasteiger charge is -2.31. The molecule has 3 aliphatic rings. The molecule has 0 saturated carbocycles. The summed E-state index contributed by atoms with van der Waals surface area (Å²) < 4.78 is 16.1. The minimum atomic E-state index is -0.557. The highest BCUT2D eigenvalue weighted by atomic mass is 32.1. The topological polar surface area (TPSA) is 91.1 Å². The summed E-state index contributed by atoms with van der Waals surface area (Å²) in [6.45, 7) is 6.18. The van der Waals surface area contributed by atoms with Crippen molar-refractivity contribution in [3.05, 3.63) is 44.2 Å². The van der Waals surface area contributed by atoms with Crippen molar-refractivity contribution in [1.82, 2.24) is 4.90 Å². The van der Waals surface area contributed by atoms with E-state index in [-0.39, 0.29) is 17.2 Å². The first kappa shape index (κ1) is 20.1. The van der Waals surface area contributed by atoms with Gasteiger partial charge in [-0.1, -0.05) is 0 Å². The van der Waals surface area contributed by atoms with E-state index in [9.17, 15) is 9.59 Å². The number of ether oxygens (including phenoxy) is 3. The molecule has 4 rings (SSSR count). The molecule has 1 aromatic rings. The van der Waals surface area contributed by atoms with Gasteiger partial charge in [0.15, 0.2) is 5.78 Å². The van der Waals surface area contributed by atoms with E-state index in [1.54, 1.807) is 11.3 Å². The zero-order valence-electron chi connectivity index (χ0n) is 16.8.